The Labute approximate surface area is 139 Å². The van der Waals surface area contributed by atoms with Crippen molar-refractivity contribution in [1.82, 2.24) is 0 Å². The second kappa shape index (κ2) is 10.4. The quantitative estimate of drug-likeness (QED) is 0.309. The van der Waals surface area contributed by atoms with E-state index in [1.165, 1.54) is 62.5 Å². The fourth-order valence-corrected chi connectivity index (χ4v) is 3.46. The van der Waals surface area contributed by atoms with Crippen molar-refractivity contribution in [3.63, 3.8) is 0 Å². The van der Waals surface area contributed by atoms with E-state index in [2.05, 4.69) is 67.6 Å². The van der Waals surface area contributed by atoms with Crippen molar-refractivity contribution >= 4 is 28.2 Å². The van der Waals surface area contributed by atoms with Crippen molar-refractivity contribution in [2.24, 2.45) is 0 Å². The van der Waals surface area contributed by atoms with Crippen LogP contribution in [0.2, 0.25) is 0 Å². The molecule has 0 heterocycles. The van der Waals surface area contributed by atoms with Gasteiger partial charge >= 0.3 is 0 Å². The minimum Gasteiger partial charge on any atom is -0.0654 e. The monoisotopic (exact) mass is 384 g/mol. The summed E-state index contributed by atoms with van der Waals surface area (Å²) in [6, 6.07) is 9.02. The van der Waals surface area contributed by atoms with E-state index >= 15 is 0 Å². The van der Waals surface area contributed by atoms with Gasteiger partial charge in [0.05, 0.1) is 0 Å². The summed E-state index contributed by atoms with van der Waals surface area (Å²) in [5, 5.41) is 0. The smallest absolute Gasteiger partial charge is 0.00561 e. The minimum absolute atomic E-state index is 1.24. The van der Waals surface area contributed by atoms with E-state index in [0.29, 0.717) is 0 Å². The van der Waals surface area contributed by atoms with Crippen LogP contribution in [-0.2, 0) is 0 Å². The predicted molar refractivity (Wildman–Crippen MR) is 100 cm³/mol. The van der Waals surface area contributed by atoms with Gasteiger partial charge in [-0.2, -0.15) is 0 Å². The van der Waals surface area contributed by atoms with Crippen LogP contribution in [0.15, 0.2) is 27.8 Å². The molecule has 112 valence electrons. The summed E-state index contributed by atoms with van der Waals surface area (Å²) in [5.41, 5.74) is 4.41. The molecule has 0 fully saturated rings. The normalized spacial score (nSPS) is 12.4. The van der Waals surface area contributed by atoms with E-state index in [9.17, 15) is 0 Å². The van der Waals surface area contributed by atoms with E-state index in [1.54, 1.807) is 9.15 Å². The van der Waals surface area contributed by atoms with Gasteiger partial charge in [-0.25, -0.2) is 0 Å². The number of allylic oxidation sites excluding steroid dienone is 2. The number of hydrogen-bond donors (Lipinski definition) is 0. The molecule has 0 spiro atoms. The van der Waals surface area contributed by atoms with Gasteiger partial charge in [-0.05, 0) is 69.9 Å². The van der Waals surface area contributed by atoms with E-state index < -0.39 is 0 Å². The fourth-order valence-electron chi connectivity index (χ4n) is 2.50. The summed E-state index contributed by atoms with van der Waals surface area (Å²) >= 11 is 2.59. The third kappa shape index (κ3) is 6.43. The van der Waals surface area contributed by atoms with Crippen molar-refractivity contribution < 1.29 is 0 Å². The summed E-state index contributed by atoms with van der Waals surface area (Å²) in [5.74, 6) is 0. The van der Waals surface area contributed by atoms with Crippen LogP contribution in [0.4, 0.5) is 0 Å². The molecule has 0 bridgehead atoms. The van der Waals surface area contributed by atoms with Crippen LogP contribution in [0.5, 0.6) is 0 Å². The maximum Gasteiger partial charge on any atom is -0.00561 e. The van der Waals surface area contributed by atoms with Crippen molar-refractivity contribution in [2.75, 3.05) is 0 Å². The van der Waals surface area contributed by atoms with Crippen LogP contribution in [0.1, 0.15) is 76.3 Å². The molecule has 0 aliphatic rings. The molecule has 0 atom stereocenters. The van der Waals surface area contributed by atoms with Crippen LogP contribution in [0.3, 0.4) is 0 Å². The van der Waals surface area contributed by atoms with Crippen molar-refractivity contribution in [2.45, 2.75) is 72.1 Å². The van der Waals surface area contributed by atoms with Gasteiger partial charge in [0.1, 0.15) is 0 Å². The summed E-state index contributed by atoms with van der Waals surface area (Å²) in [7, 11) is 0. The molecule has 20 heavy (non-hydrogen) atoms. The first kappa shape index (κ1) is 17.7. The van der Waals surface area contributed by atoms with Crippen LogP contribution < -0.4 is 0 Å². The van der Waals surface area contributed by atoms with Crippen LogP contribution in [0, 0.1) is 6.92 Å². The highest BCUT2D eigenvalue weighted by Gasteiger charge is 2.07. The Morgan fingerprint density at radius 2 is 1.60 bits per heavy atom. The highest BCUT2D eigenvalue weighted by Crippen LogP contribution is 2.32. The lowest BCUT2D eigenvalue weighted by Crippen LogP contribution is -1.91. The van der Waals surface area contributed by atoms with Crippen molar-refractivity contribution in [1.29, 1.82) is 0 Å². The molecule has 0 aliphatic carbocycles. The molecule has 1 heteroatoms. The molecular formula is C19H29I. The van der Waals surface area contributed by atoms with E-state index in [4.69, 9.17) is 0 Å². The largest absolute Gasteiger partial charge is 0.0654 e. The fraction of sp³-hybridized carbons (Fsp3) is 0.579. The molecular weight excluding hydrogens is 355 g/mol. The van der Waals surface area contributed by atoms with Gasteiger partial charge in [-0.15, -0.1) is 0 Å². The minimum atomic E-state index is 1.24. The zero-order valence-electron chi connectivity index (χ0n) is 13.3. The van der Waals surface area contributed by atoms with E-state index in [-0.39, 0.29) is 0 Å². The Morgan fingerprint density at radius 3 is 2.20 bits per heavy atom. The number of rotatable bonds is 9. The molecule has 0 aromatic heterocycles. The maximum absolute atomic E-state index is 2.59. The summed E-state index contributed by atoms with van der Waals surface area (Å²) in [4.78, 5) is 0. The molecule has 0 unspecified atom stereocenters. The Morgan fingerprint density at radius 1 is 0.950 bits per heavy atom. The lowest BCUT2D eigenvalue weighted by Gasteiger charge is -2.13. The third-order valence-corrected chi connectivity index (χ3v) is 4.91. The van der Waals surface area contributed by atoms with Gasteiger partial charge in [0.2, 0.25) is 0 Å². The first-order chi connectivity index (χ1) is 9.69. The Kier molecular flexibility index (Phi) is 9.24. The van der Waals surface area contributed by atoms with Crippen molar-refractivity contribution in [3.8, 4) is 0 Å². The average molecular weight is 384 g/mol. The Balaban J connectivity index is 2.85. The van der Waals surface area contributed by atoms with Gasteiger partial charge in [-0.1, -0.05) is 69.4 Å². The Hall–Kier alpha value is -0.310. The molecule has 0 N–H and O–H groups in total. The maximum atomic E-state index is 2.59. The zero-order chi connectivity index (χ0) is 14.8. The van der Waals surface area contributed by atoms with Gasteiger partial charge in [0, 0.05) is 0 Å². The zero-order valence-corrected chi connectivity index (χ0v) is 15.5. The summed E-state index contributed by atoms with van der Waals surface area (Å²) < 4.78 is 1.58. The van der Waals surface area contributed by atoms with Crippen LogP contribution >= 0.6 is 22.6 Å². The first-order valence-electron chi connectivity index (χ1n) is 8.13. The Bertz CT molecular complexity index is 418. The predicted octanol–water partition coefficient (Wildman–Crippen LogP) is 7.30. The molecule has 0 nitrogen and oxygen atoms in total. The second-order valence-electron chi connectivity index (χ2n) is 5.67. The second-order valence-corrected chi connectivity index (χ2v) is 6.97. The van der Waals surface area contributed by atoms with E-state index in [1.807, 2.05) is 0 Å². The number of unbranched alkanes of at least 4 members (excludes halogenated alkanes) is 4. The number of aryl methyl sites for hydroxylation is 1. The molecule has 0 saturated carbocycles. The highest BCUT2D eigenvalue weighted by molar-refractivity contribution is 14.1. The lowest BCUT2D eigenvalue weighted by molar-refractivity contribution is 0.719. The van der Waals surface area contributed by atoms with Gasteiger partial charge in [0.25, 0.3) is 0 Å². The summed E-state index contributed by atoms with van der Waals surface area (Å²) in [6.07, 6.45) is 10.4. The number of benzene rings is 1. The molecule has 1 rings (SSSR count). The van der Waals surface area contributed by atoms with Gasteiger partial charge < -0.3 is 0 Å². The van der Waals surface area contributed by atoms with Gasteiger partial charge in [-0.3, -0.25) is 0 Å². The van der Waals surface area contributed by atoms with Crippen LogP contribution in [0.25, 0.3) is 5.57 Å². The highest BCUT2D eigenvalue weighted by atomic mass is 127. The lowest BCUT2D eigenvalue weighted by atomic mass is 9.96. The molecule has 0 amide bonds. The summed E-state index contributed by atoms with van der Waals surface area (Å²) in [6.45, 7) is 6.75. The van der Waals surface area contributed by atoms with Crippen molar-refractivity contribution in [3.05, 3.63) is 39.0 Å². The number of halogens is 1. The molecule has 1 aromatic carbocycles. The molecule has 0 radical (unpaired) electrons. The van der Waals surface area contributed by atoms with Gasteiger partial charge in [0.15, 0.2) is 0 Å². The SMILES string of the molecule is CCCCC/C(I)=C(\CCCCC)c1cccc(C)c1. The van der Waals surface area contributed by atoms with E-state index in [0.717, 1.165) is 0 Å². The standard InChI is InChI=1S/C19H29I/c1-4-6-8-13-18(19(20)14-9-7-5-2)17-12-10-11-16(3)15-17/h10-12,15H,4-9,13-14H2,1-3H3/b19-18-. The third-order valence-electron chi connectivity index (χ3n) is 3.72. The molecule has 0 aliphatic heterocycles. The molecule has 1 aromatic rings. The van der Waals surface area contributed by atoms with Crippen LogP contribution in [-0.4, -0.2) is 0 Å². The first-order valence-corrected chi connectivity index (χ1v) is 9.21. The molecule has 0 saturated heterocycles. The topological polar surface area (TPSA) is 0 Å². The number of hydrogen-bond acceptors (Lipinski definition) is 0. The average Bonchev–Trinajstić information content (AvgIpc) is 2.44.